The first-order valence-corrected chi connectivity index (χ1v) is 11.2. The lowest BCUT2D eigenvalue weighted by Crippen LogP contribution is -2.48. The molecule has 4 aliphatic rings. The van der Waals surface area contributed by atoms with Crippen LogP contribution >= 0.6 is 0 Å². The van der Waals surface area contributed by atoms with Crippen LogP contribution in [0.15, 0.2) is 42.5 Å². The Morgan fingerprint density at radius 1 is 0.967 bits per heavy atom. The number of hydrogen-bond donors (Lipinski definition) is 1. The summed E-state index contributed by atoms with van der Waals surface area (Å²) < 4.78 is 5.93. The van der Waals surface area contributed by atoms with Crippen LogP contribution < -0.4 is 4.74 Å². The molecule has 0 saturated heterocycles. The monoisotopic (exact) mass is 402 g/mol. The lowest BCUT2D eigenvalue weighted by Gasteiger charge is -2.57. The number of aromatic carboxylic acids is 1. The van der Waals surface area contributed by atoms with Crippen LogP contribution in [0.4, 0.5) is 0 Å². The lowest BCUT2D eigenvalue weighted by atomic mass is 9.48. The molecule has 4 bridgehead atoms. The zero-order chi connectivity index (χ0) is 20.9. The van der Waals surface area contributed by atoms with Crippen molar-refractivity contribution in [2.24, 2.45) is 17.8 Å². The van der Waals surface area contributed by atoms with Gasteiger partial charge in [0.2, 0.25) is 0 Å². The molecule has 0 amide bonds. The number of ether oxygens (including phenoxy) is 1. The van der Waals surface area contributed by atoms with Crippen molar-refractivity contribution in [1.29, 1.82) is 0 Å². The minimum Gasteiger partial charge on any atom is -0.496 e. The molecule has 4 aliphatic carbocycles. The molecule has 0 unspecified atom stereocenters. The van der Waals surface area contributed by atoms with Crippen LogP contribution in [-0.2, 0) is 5.41 Å². The zero-order valence-corrected chi connectivity index (χ0v) is 17.9. The van der Waals surface area contributed by atoms with Gasteiger partial charge < -0.3 is 9.84 Å². The second kappa shape index (κ2) is 7.30. The van der Waals surface area contributed by atoms with Crippen molar-refractivity contribution < 1.29 is 14.6 Å². The van der Waals surface area contributed by atoms with Crippen molar-refractivity contribution >= 4 is 17.6 Å². The molecule has 3 heteroatoms. The van der Waals surface area contributed by atoms with E-state index in [-0.39, 0.29) is 0 Å². The maximum Gasteiger partial charge on any atom is 0.335 e. The summed E-state index contributed by atoms with van der Waals surface area (Å²) >= 11 is 0. The molecular weight excluding hydrogens is 372 g/mol. The predicted molar refractivity (Wildman–Crippen MR) is 120 cm³/mol. The number of carboxylic acid groups (broad SMARTS) is 1. The van der Waals surface area contributed by atoms with Crippen LogP contribution in [-0.4, -0.2) is 18.2 Å². The van der Waals surface area contributed by atoms with E-state index >= 15 is 0 Å². The maximum atomic E-state index is 11.1. The number of rotatable bonds is 5. The van der Waals surface area contributed by atoms with Crippen LogP contribution in [0.3, 0.4) is 0 Å². The standard InChI is InChI=1S/C27H30O3/c1-17(9-18-3-5-22(6-4-18)26(28)29)23-7-8-24(25(13-23)30-2)27-14-19-10-20(15-27)12-21(11-19)16-27/h3-9,13,19-21H,10-12,14-16H2,1-2H3,(H,28,29)/b17-9+. The van der Waals surface area contributed by atoms with Gasteiger partial charge in [-0.25, -0.2) is 4.79 Å². The average Bonchev–Trinajstić information content (AvgIpc) is 2.72. The van der Waals surface area contributed by atoms with E-state index in [1.54, 1.807) is 19.2 Å². The molecule has 1 N–H and O–H groups in total. The third-order valence-electron chi connectivity index (χ3n) is 7.81. The maximum absolute atomic E-state index is 11.1. The molecular formula is C27H30O3. The van der Waals surface area contributed by atoms with E-state index in [4.69, 9.17) is 9.84 Å². The Balaban J connectivity index is 1.45. The molecule has 0 spiro atoms. The Morgan fingerprint density at radius 2 is 1.53 bits per heavy atom. The minimum absolute atomic E-state index is 0.311. The molecule has 0 heterocycles. The molecule has 30 heavy (non-hydrogen) atoms. The number of benzene rings is 2. The van der Waals surface area contributed by atoms with Crippen molar-refractivity contribution in [2.45, 2.75) is 50.9 Å². The fourth-order valence-corrected chi connectivity index (χ4v) is 6.87. The van der Waals surface area contributed by atoms with Gasteiger partial charge in [0.1, 0.15) is 5.75 Å². The van der Waals surface area contributed by atoms with E-state index in [1.165, 1.54) is 44.1 Å². The topological polar surface area (TPSA) is 46.5 Å². The first-order chi connectivity index (χ1) is 14.5. The van der Waals surface area contributed by atoms with E-state index in [9.17, 15) is 4.79 Å². The van der Waals surface area contributed by atoms with Gasteiger partial charge in [0.05, 0.1) is 12.7 Å². The first kappa shape index (κ1) is 19.4. The van der Waals surface area contributed by atoms with Crippen molar-refractivity contribution in [2.75, 3.05) is 7.11 Å². The van der Waals surface area contributed by atoms with E-state index in [0.717, 1.165) is 40.2 Å². The Hall–Kier alpha value is -2.55. The highest BCUT2D eigenvalue weighted by Crippen LogP contribution is 2.61. The average molecular weight is 403 g/mol. The van der Waals surface area contributed by atoms with Gasteiger partial charge in [0.25, 0.3) is 0 Å². The quantitative estimate of drug-likeness (QED) is 0.587. The molecule has 4 fully saturated rings. The Kier molecular flexibility index (Phi) is 4.72. The van der Waals surface area contributed by atoms with Crippen LogP contribution in [0.5, 0.6) is 5.75 Å². The van der Waals surface area contributed by atoms with Crippen molar-refractivity contribution in [1.82, 2.24) is 0 Å². The first-order valence-electron chi connectivity index (χ1n) is 11.2. The summed E-state index contributed by atoms with van der Waals surface area (Å²) in [5, 5.41) is 9.08. The molecule has 0 atom stereocenters. The molecule has 0 radical (unpaired) electrons. The molecule has 0 aromatic heterocycles. The van der Waals surface area contributed by atoms with Gasteiger partial charge in [0.15, 0.2) is 0 Å². The highest BCUT2D eigenvalue weighted by molar-refractivity contribution is 5.88. The third kappa shape index (κ3) is 3.34. The summed E-state index contributed by atoms with van der Waals surface area (Å²) in [5.74, 6) is 2.87. The molecule has 156 valence electrons. The molecule has 3 nitrogen and oxygen atoms in total. The largest absolute Gasteiger partial charge is 0.496 e. The van der Waals surface area contributed by atoms with Gasteiger partial charge in [0, 0.05) is 5.56 Å². The Morgan fingerprint density at radius 3 is 2.07 bits per heavy atom. The van der Waals surface area contributed by atoms with Gasteiger partial charge in [-0.2, -0.15) is 0 Å². The van der Waals surface area contributed by atoms with Crippen LogP contribution in [0.2, 0.25) is 0 Å². The number of carbonyl (C=O) groups is 1. The third-order valence-corrected chi connectivity index (χ3v) is 7.81. The number of hydrogen-bond acceptors (Lipinski definition) is 2. The number of allylic oxidation sites excluding steroid dienone is 1. The smallest absolute Gasteiger partial charge is 0.335 e. The molecule has 6 rings (SSSR count). The van der Waals surface area contributed by atoms with Crippen molar-refractivity contribution in [3.63, 3.8) is 0 Å². The van der Waals surface area contributed by atoms with Gasteiger partial charge in [-0.05, 0) is 104 Å². The second-order valence-electron chi connectivity index (χ2n) is 9.87. The fraction of sp³-hybridized carbons (Fsp3) is 0.444. The van der Waals surface area contributed by atoms with Gasteiger partial charge >= 0.3 is 5.97 Å². The van der Waals surface area contributed by atoms with Gasteiger partial charge in [-0.3, -0.25) is 0 Å². The molecule has 0 aliphatic heterocycles. The Bertz CT molecular complexity index is 964. The summed E-state index contributed by atoms with van der Waals surface area (Å²) in [6.45, 7) is 2.10. The van der Waals surface area contributed by atoms with Crippen molar-refractivity contribution in [3.05, 3.63) is 64.7 Å². The summed E-state index contributed by atoms with van der Waals surface area (Å²) in [7, 11) is 1.80. The minimum atomic E-state index is -0.896. The Labute approximate surface area is 178 Å². The highest BCUT2D eigenvalue weighted by atomic mass is 16.5. The van der Waals surface area contributed by atoms with Gasteiger partial charge in [-0.1, -0.05) is 30.3 Å². The zero-order valence-electron chi connectivity index (χ0n) is 17.9. The van der Waals surface area contributed by atoms with E-state index in [0.29, 0.717) is 11.0 Å². The SMILES string of the molecule is COc1cc(/C(C)=C/c2ccc(C(=O)O)cc2)ccc1C12CC3CC(CC(C3)C1)C2. The van der Waals surface area contributed by atoms with Crippen LogP contribution in [0, 0.1) is 17.8 Å². The van der Waals surface area contributed by atoms with Gasteiger partial charge in [-0.15, -0.1) is 0 Å². The van der Waals surface area contributed by atoms with E-state index in [1.807, 2.05) is 12.1 Å². The van der Waals surface area contributed by atoms with Crippen LogP contribution in [0.1, 0.15) is 72.5 Å². The number of carboxylic acids is 1. The normalized spacial score (nSPS) is 29.8. The second-order valence-corrected chi connectivity index (χ2v) is 9.87. The molecule has 4 saturated carbocycles. The lowest BCUT2D eigenvalue weighted by molar-refractivity contribution is -0.00615. The van der Waals surface area contributed by atoms with E-state index < -0.39 is 5.97 Å². The predicted octanol–water partition coefficient (Wildman–Crippen LogP) is 6.42. The molecule has 2 aromatic carbocycles. The fourth-order valence-electron chi connectivity index (χ4n) is 6.87. The highest BCUT2D eigenvalue weighted by Gasteiger charge is 2.52. The summed E-state index contributed by atoms with van der Waals surface area (Å²) in [6, 6.07) is 13.8. The summed E-state index contributed by atoms with van der Waals surface area (Å²) in [4.78, 5) is 11.1. The summed E-state index contributed by atoms with van der Waals surface area (Å²) in [5.41, 5.74) is 5.36. The van der Waals surface area contributed by atoms with Crippen LogP contribution in [0.25, 0.3) is 11.6 Å². The number of methoxy groups -OCH3 is 1. The van der Waals surface area contributed by atoms with E-state index in [2.05, 4.69) is 31.2 Å². The summed E-state index contributed by atoms with van der Waals surface area (Å²) in [6.07, 6.45) is 10.4. The molecule has 2 aromatic rings. The van der Waals surface area contributed by atoms with Crippen molar-refractivity contribution in [3.8, 4) is 5.75 Å².